The Balaban J connectivity index is 2.41. The van der Waals surface area contributed by atoms with Crippen LogP contribution in [0, 0.1) is 0 Å². The molecule has 5 heteroatoms. The molecule has 0 unspecified atom stereocenters. The van der Waals surface area contributed by atoms with E-state index >= 15 is 0 Å². The summed E-state index contributed by atoms with van der Waals surface area (Å²) in [6, 6.07) is 3.28. The third-order valence-electron chi connectivity index (χ3n) is 3.00. The summed E-state index contributed by atoms with van der Waals surface area (Å²) in [6.07, 6.45) is 0.718. The monoisotopic (exact) mass is 287 g/mol. The molecule has 0 heterocycles. The number of methoxy groups -OCH3 is 1. The second-order valence-corrected chi connectivity index (χ2v) is 5.08. The third-order valence-corrected chi connectivity index (χ3v) is 3.66. The summed E-state index contributed by atoms with van der Waals surface area (Å²) in [5, 5.41) is 18.9. The average Bonchev–Trinajstić information content (AvgIpc) is 2.15. The quantitative estimate of drug-likeness (QED) is 0.770. The number of phenolic OH excluding ortho intramolecular Hbond substituents is 1. The van der Waals surface area contributed by atoms with Crippen LogP contribution < -0.4 is 10.5 Å². The Morgan fingerprint density at radius 1 is 1.50 bits per heavy atom. The van der Waals surface area contributed by atoms with Crippen LogP contribution in [0.1, 0.15) is 18.4 Å². The molecule has 0 radical (unpaired) electrons. The molecule has 1 aromatic rings. The van der Waals surface area contributed by atoms with Crippen LogP contribution in [-0.2, 0) is 5.54 Å². The van der Waals surface area contributed by atoms with E-state index in [1.165, 1.54) is 7.11 Å². The maximum atomic E-state index is 9.58. The number of aromatic hydroxyl groups is 1. The van der Waals surface area contributed by atoms with E-state index in [1.54, 1.807) is 12.1 Å². The van der Waals surface area contributed by atoms with E-state index in [1.807, 2.05) is 0 Å². The largest absolute Gasteiger partial charge is 0.504 e. The van der Waals surface area contributed by atoms with Gasteiger partial charge in [-0.1, -0.05) is 15.9 Å². The van der Waals surface area contributed by atoms with E-state index in [4.69, 9.17) is 10.5 Å². The SMILES string of the molecule is COc1cc(C2(N)CC(O)C2)c(Br)cc1O. The highest BCUT2D eigenvalue weighted by Crippen LogP contribution is 2.45. The molecular formula is C11H14BrNO3. The Kier molecular flexibility index (Phi) is 2.86. The zero-order chi connectivity index (χ0) is 11.9. The van der Waals surface area contributed by atoms with Gasteiger partial charge in [0, 0.05) is 10.0 Å². The lowest BCUT2D eigenvalue weighted by atomic mass is 9.70. The van der Waals surface area contributed by atoms with Gasteiger partial charge >= 0.3 is 0 Å². The van der Waals surface area contributed by atoms with Gasteiger partial charge in [0.05, 0.1) is 13.2 Å². The van der Waals surface area contributed by atoms with Crippen LogP contribution >= 0.6 is 15.9 Å². The molecule has 16 heavy (non-hydrogen) atoms. The van der Waals surface area contributed by atoms with Crippen molar-refractivity contribution in [3.05, 3.63) is 22.2 Å². The first-order valence-electron chi connectivity index (χ1n) is 5.00. The fourth-order valence-corrected chi connectivity index (χ4v) is 2.82. The van der Waals surface area contributed by atoms with E-state index in [0.717, 1.165) is 10.0 Å². The highest BCUT2D eigenvalue weighted by molar-refractivity contribution is 9.10. The van der Waals surface area contributed by atoms with Crippen molar-refractivity contribution in [2.45, 2.75) is 24.5 Å². The minimum Gasteiger partial charge on any atom is -0.504 e. The second-order valence-electron chi connectivity index (χ2n) is 4.22. The van der Waals surface area contributed by atoms with Crippen molar-refractivity contribution in [3.8, 4) is 11.5 Å². The Bertz CT molecular complexity index is 416. The van der Waals surface area contributed by atoms with Crippen LogP contribution in [0.5, 0.6) is 11.5 Å². The minimum atomic E-state index is -0.529. The molecule has 2 rings (SSSR count). The molecule has 1 fully saturated rings. The molecule has 0 bridgehead atoms. The first-order chi connectivity index (χ1) is 7.46. The molecule has 4 N–H and O–H groups in total. The molecule has 0 aliphatic heterocycles. The molecule has 0 spiro atoms. The van der Waals surface area contributed by atoms with Gasteiger partial charge < -0.3 is 20.7 Å². The van der Waals surface area contributed by atoms with Crippen LogP contribution in [0.3, 0.4) is 0 Å². The van der Waals surface area contributed by atoms with Crippen molar-refractivity contribution in [1.82, 2.24) is 0 Å². The zero-order valence-electron chi connectivity index (χ0n) is 8.90. The van der Waals surface area contributed by atoms with Gasteiger partial charge in [-0.3, -0.25) is 0 Å². The number of aliphatic hydroxyl groups excluding tert-OH is 1. The van der Waals surface area contributed by atoms with Gasteiger partial charge in [0.25, 0.3) is 0 Å². The molecule has 88 valence electrons. The highest BCUT2D eigenvalue weighted by Gasteiger charge is 2.43. The molecule has 1 saturated carbocycles. The second kappa shape index (κ2) is 3.91. The molecule has 1 aliphatic carbocycles. The number of hydrogen-bond donors (Lipinski definition) is 3. The molecular weight excluding hydrogens is 274 g/mol. The van der Waals surface area contributed by atoms with Gasteiger partial charge in [-0.15, -0.1) is 0 Å². The fraction of sp³-hybridized carbons (Fsp3) is 0.455. The first kappa shape index (κ1) is 11.7. The summed E-state index contributed by atoms with van der Waals surface area (Å²) >= 11 is 3.36. The molecule has 1 aliphatic rings. The lowest BCUT2D eigenvalue weighted by molar-refractivity contribution is 0.0205. The van der Waals surface area contributed by atoms with Crippen LogP contribution in [-0.4, -0.2) is 23.4 Å². The van der Waals surface area contributed by atoms with Crippen molar-refractivity contribution in [2.24, 2.45) is 5.73 Å². The van der Waals surface area contributed by atoms with E-state index < -0.39 is 5.54 Å². The van der Waals surface area contributed by atoms with Crippen molar-refractivity contribution in [3.63, 3.8) is 0 Å². The first-order valence-corrected chi connectivity index (χ1v) is 5.79. The number of hydrogen-bond acceptors (Lipinski definition) is 4. The summed E-state index contributed by atoms with van der Waals surface area (Å²) in [7, 11) is 1.49. The van der Waals surface area contributed by atoms with Crippen LogP contribution in [0.25, 0.3) is 0 Å². The number of rotatable bonds is 2. The highest BCUT2D eigenvalue weighted by atomic mass is 79.9. The van der Waals surface area contributed by atoms with Gasteiger partial charge in [-0.05, 0) is 30.5 Å². The number of phenols is 1. The lowest BCUT2D eigenvalue weighted by Crippen LogP contribution is -2.51. The summed E-state index contributed by atoms with van der Waals surface area (Å²) < 4.78 is 5.78. The zero-order valence-corrected chi connectivity index (χ0v) is 10.5. The summed E-state index contributed by atoms with van der Waals surface area (Å²) in [5.74, 6) is 0.464. The topological polar surface area (TPSA) is 75.7 Å². The number of ether oxygens (including phenoxy) is 1. The smallest absolute Gasteiger partial charge is 0.160 e. The van der Waals surface area contributed by atoms with Crippen LogP contribution in [0.15, 0.2) is 16.6 Å². The van der Waals surface area contributed by atoms with Gasteiger partial charge in [0.2, 0.25) is 0 Å². The lowest BCUT2D eigenvalue weighted by Gasteiger charge is -2.43. The van der Waals surface area contributed by atoms with Crippen molar-refractivity contribution < 1.29 is 14.9 Å². The molecule has 0 atom stereocenters. The van der Waals surface area contributed by atoms with Gasteiger partial charge in [-0.2, -0.15) is 0 Å². The Morgan fingerprint density at radius 3 is 2.62 bits per heavy atom. The molecule has 0 aromatic heterocycles. The van der Waals surface area contributed by atoms with E-state index in [2.05, 4.69) is 15.9 Å². The van der Waals surface area contributed by atoms with Crippen LogP contribution in [0.2, 0.25) is 0 Å². The van der Waals surface area contributed by atoms with Crippen LogP contribution in [0.4, 0.5) is 0 Å². The predicted molar refractivity (Wildman–Crippen MR) is 63.5 cm³/mol. The van der Waals surface area contributed by atoms with E-state index in [9.17, 15) is 10.2 Å². The Labute approximate surface area is 102 Å². The third kappa shape index (κ3) is 1.79. The maximum absolute atomic E-state index is 9.58. The van der Waals surface area contributed by atoms with Crippen molar-refractivity contribution >= 4 is 15.9 Å². The standard InChI is InChI=1S/C11H14BrNO3/c1-16-10-2-7(8(12)3-9(10)15)11(13)4-6(14)5-11/h2-3,6,14-15H,4-5,13H2,1H3. The number of halogens is 1. The molecule has 0 amide bonds. The molecule has 4 nitrogen and oxygen atoms in total. The minimum absolute atomic E-state index is 0.0709. The van der Waals surface area contributed by atoms with Crippen molar-refractivity contribution in [1.29, 1.82) is 0 Å². The van der Waals surface area contributed by atoms with E-state index in [-0.39, 0.29) is 11.9 Å². The number of benzene rings is 1. The Hall–Kier alpha value is -0.780. The fourth-order valence-electron chi connectivity index (χ4n) is 2.09. The average molecular weight is 288 g/mol. The summed E-state index contributed by atoms with van der Waals surface area (Å²) in [4.78, 5) is 0. The van der Waals surface area contributed by atoms with Gasteiger partial charge in [-0.25, -0.2) is 0 Å². The van der Waals surface area contributed by atoms with Gasteiger partial charge in [0.15, 0.2) is 11.5 Å². The predicted octanol–water partition coefficient (Wildman–Crippen LogP) is 1.47. The molecule has 1 aromatic carbocycles. The number of nitrogens with two attached hydrogens (primary N) is 1. The van der Waals surface area contributed by atoms with Crippen molar-refractivity contribution in [2.75, 3.05) is 7.11 Å². The van der Waals surface area contributed by atoms with Gasteiger partial charge in [0.1, 0.15) is 0 Å². The molecule has 0 saturated heterocycles. The summed E-state index contributed by atoms with van der Waals surface area (Å²) in [6.45, 7) is 0. The number of aliphatic hydroxyl groups is 1. The summed E-state index contributed by atoms with van der Waals surface area (Å²) in [5.41, 5.74) is 6.49. The van der Waals surface area contributed by atoms with E-state index in [0.29, 0.717) is 18.6 Å². The Morgan fingerprint density at radius 2 is 2.12 bits per heavy atom. The normalized spacial score (nSPS) is 28.6. The maximum Gasteiger partial charge on any atom is 0.160 e.